The van der Waals surface area contributed by atoms with Crippen molar-refractivity contribution in [3.63, 3.8) is 0 Å². The molecule has 1 unspecified atom stereocenters. The predicted molar refractivity (Wildman–Crippen MR) is 77.9 cm³/mol. The van der Waals surface area contributed by atoms with Crippen molar-refractivity contribution in [1.29, 1.82) is 0 Å². The Labute approximate surface area is 111 Å². The van der Waals surface area contributed by atoms with Crippen molar-refractivity contribution in [2.45, 2.75) is 52.7 Å². The maximum absolute atomic E-state index is 3.57. The minimum Gasteiger partial charge on any atom is -0.311 e. The summed E-state index contributed by atoms with van der Waals surface area (Å²) in [4.78, 5) is 2.60. The molecular weight excluding hydrogens is 220 g/mol. The van der Waals surface area contributed by atoms with Gasteiger partial charge in [-0.1, -0.05) is 18.2 Å². The Balaban J connectivity index is 2.13. The molecule has 2 nitrogen and oxygen atoms in total. The van der Waals surface area contributed by atoms with Crippen molar-refractivity contribution in [3.05, 3.63) is 34.9 Å². The average Bonchev–Trinajstić information content (AvgIpc) is 2.29. The van der Waals surface area contributed by atoms with Gasteiger partial charge in [-0.25, -0.2) is 0 Å². The van der Waals surface area contributed by atoms with Crippen LogP contribution in [0.25, 0.3) is 0 Å². The van der Waals surface area contributed by atoms with Crippen LogP contribution in [0.2, 0.25) is 0 Å². The molecule has 18 heavy (non-hydrogen) atoms. The molecule has 1 aromatic carbocycles. The topological polar surface area (TPSA) is 15.3 Å². The molecule has 1 atom stereocenters. The second kappa shape index (κ2) is 5.02. The van der Waals surface area contributed by atoms with Gasteiger partial charge in [0.1, 0.15) is 0 Å². The first kappa shape index (κ1) is 13.6. The van der Waals surface area contributed by atoms with Crippen LogP contribution >= 0.6 is 0 Å². The molecule has 0 aromatic heterocycles. The summed E-state index contributed by atoms with van der Waals surface area (Å²) in [5.41, 5.74) is 4.45. The molecule has 0 amide bonds. The van der Waals surface area contributed by atoms with Crippen molar-refractivity contribution >= 4 is 0 Å². The summed E-state index contributed by atoms with van der Waals surface area (Å²) in [6.07, 6.45) is 0. The molecular formula is C16H26N2. The second-order valence-corrected chi connectivity index (χ2v) is 6.39. The number of piperazine rings is 1. The minimum absolute atomic E-state index is 0.241. The van der Waals surface area contributed by atoms with Crippen LogP contribution in [-0.2, 0) is 6.54 Å². The maximum Gasteiger partial charge on any atom is 0.0281 e. The number of aryl methyl sites for hydroxylation is 2. The number of nitrogens with zero attached hydrogens (tertiary/aromatic N) is 1. The van der Waals surface area contributed by atoms with Crippen molar-refractivity contribution < 1.29 is 0 Å². The Kier molecular flexibility index (Phi) is 3.79. The van der Waals surface area contributed by atoms with Crippen LogP contribution < -0.4 is 5.32 Å². The first-order valence-corrected chi connectivity index (χ1v) is 6.93. The molecule has 0 radical (unpaired) electrons. The molecule has 1 aliphatic heterocycles. The third-order valence-electron chi connectivity index (χ3n) is 4.18. The first-order valence-electron chi connectivity index (χ1n) is 6.93. The Morgan fingerprint density at radius 2 is 2.00 bits per heavy atom. The molecule has 1 fully saturated rings. The zero-order valence-corrected chi connectivity index (χ0v) is 12.4. The lowest BCUT2D eigenvalue weighted by molar-refractivity contribution is 0.0626. The van der Waals surface area contributed by atoms with Crippen LogP contribution in [0.4, 0.5) is 0 Å². The van der Waals surface area contributed by atoms with Crippen LogP contribution in [-0.4, -0.2) is 29.6 Å². The Morgan fingerprint density at radius 1 is 1.28 bits per heavy atom. The van der Waals surface area contributed by atoms with E-state index in [9.17, 15) is 0 Å². The van der Waals surface area contributed by atoms with E-state index in [-0.39, 0.29) is 5.54 Å². The normalized spacial score (nSPS) is 24.2. The van der Waals surface area contributed by atoms with Gasteiger partial charge in [0, 0.05) is 31.2 Å². The van der Waals surface area contributed by atoms with E-state index < -0.39 is 0 Å². The van der Waals surface area contributed by atoms with E-state index in [1.807, 2.05) is 0 Å². The monoisotopic (exact) mass is 246 g/mol. The van der Waals surface area contributed by atoms with Crippen LogP contribution in [0.5, 0.6) is 0 Å². The van der Waals surface area contributed by atoms with Crippen LogP contribution in [0.1, 0.15) is 37.5 Å². The highest BCUT2D eigenvalue weighted by atomic mass is 15.3. The fourth-order valence-corrected chi connectivity index (χ4v) is 2.58. The Morgan fingerprint density at radius 3 is 2.67 bits per heavy atom. The second-order valence-electron chi connectivity index (χ2n) is 6.39. The van der Waals surface area contributed by atoms with Crippen LogP contribution in [0.3, 0.4) is 0 Å². The molecule has 1 N–H and O–H groups in total. The summed E-state index contributed by atoms with van der Waals surface area (Å²) in [5.74, 6) is 0. The maximum atomic E-state index is 3.57. The number of hydrogen-bond acceptors (Lipinski definition) is 2. The highest BCUT2D eigenvalue weighted by Gasteiger charge is 2.32. The van der Waals surface area contributed by atoms with Crippen molar-refractivity contribution in [2.24, 2.45) is 0 Å². The standard InChI is InChI=1S/C16H26N2/c1-12-6-7-15(8-13(12)2)10-18-9-14(3)17-11-16(18,4)5/h6-8,14,17H,9-11H2,1-5H3. The van der Waals surface area contributed by atoms with Gasteiger partial charge < -0.3 is 5.32 Å². The van der Waals surface area contributed by atoms with Gasteiger partial charge >= 0.3 is 0 Å². The van der Waals surface area contributed by atoms with Gasteiger partial charge in [-0.15, -0.1) is 0 Å². The third kappa shape index (κ3) is 2.93. The average molecular weight is 246 g/mol. The summed E-state index contributed by atoms with van der Waals surface area (Å²) < 4.78 is 0. The van der Waals surface area contributed by atoms with Gasteiger partial charge in [0.15, 0.2) is 0 Å². The lowest BCUT2D eigenvalue weighted by Crippen LogP contribution is -2.60. The summed E-state index contributed by atoms with van der Waals surface area (Å²) in [7, 11) is 0. The largest absolute Gasteiger partial charge is 0.311 e. The van der Waals surface area contributed by atoms with E-state index in [0.29, 0.717) is 6.04 Å². The lowest BCUT2D eigenvalue weighted by atomic mass is 9.96. The molecule has 0 aliphatic carbocycles. The predicted octanol–water partition coefficient (Wildman–Crippen LogP) is 2.88. The van der Waals surface area contributed by atoms with E-state index in [1.165, 1.54) is 16.7 Å². The highest BCUT2D eigenvalue weighted by Crippen LogP contribution is 2.22. The highest BCUT2D eigenvalue weighted by molar-refractivity contribution is 5.30. The quantitative estimate of drug-likeness (QED) is 0.863. The summed E-state index contributed by atoms with van der Waals surface area (Å²) in [6, 6.07) is 7.43. The SMILES string of the molecule is Cc1ccc(CN2CC(C)NCC2(C)C)cc1C. The zero-order valence-electron chi connectivity index (χ0n) is 12.4. The molecule has 1 saturated heterocycles. The van der Waals surface area contributed by atoms with E-state index in [2.05, 4.69) is 63.0 Å². The smallest absolute Gasteiger partial charge is 0.0281 e. The molecule has 2 rings (SSSR count). The Bertz CT molecular complexity index is 423. The summed E-state index contributed by atoms with van der Waals surface area (Å²) in [6.45, 7) is 14.5. The van der Waals surface area contributed by atoms with Gasteiger partial charge in [0.2, 0.25) is 0 Å². The number of rotatable bonds is 2. The molecule has 1 heterocycles. The molecule has 2 heteroatoms. The summed E-state index contributed by atoms with van der Waals surface area (Å²) >= 11 is 0. The molecule has 1 aromatic rings. The fraction of sp³-hybridized carbons (Fsp3) is 0.625. The van der Waals surface area contributed by atoms with Gasteiger partial charge in [-0.2, -0.15) is 0 Å². The molecule has 100 valence electrons. The number of nitrogens with one attached hydrogen (secondary N) is 1. The third-order valence-corrected chi connectivity index (χ3v) is 4.18. The van der Waals surface area contributed by atoms with E-state index in [1.54, 1.807) is 0 Å². The molecule has 0 spiro atoms. The van der Waals surface area contributed by atoms with Gasteiger partial charge in [-0.05, 0) is 51.3 Å². The number of benzene rings is 1. The minimum atomic E-state index is 0.241. The van der Waals surface area contributed by atoms with Crippen LogP contribution in [0.15, 0.2) is 18.2 Å². The zero-order chi connectivity index (χ0) is 13.3. The molecule has 0 bridgehead atoms. The van der Waals surface area contributed by atoms with E-state index in [4.69, 9.17) is 0 Å². The van der Waals surface area contributed by atoms with Gasteiger partial charge in [0.25, 0.3) is 0 Å². The lowest BCUT2D eigenvalue weighted by Gasteiger charge is -2.45. The summed E-state index contributed by atoms with van der Waals surface area (Å²) in [5, 5.41) is 3.57. The van der Waals surface area contributed by atoms with Gasteiger partial charge in [-0.3, -0.25) is 4.90 Å². The fourth-order valence-electron chi connectivity index (χ4n) is 2.58. The van der Waals surface area contributed by atoms with E-state index in [0.717, 1.165) is 19.6 Å². The number of hydrogen-bond donors (Lipinski definition) is 1. The Hall–Kier alpha value is -0.860. The van der Waals surface area contributed by atoms with Crippen molar-refractivity contribution in [3.8, 4) is 0 Å². The van der Waals surface area contributed by atoms with Crippen LogP contribution in [0, 0.1) is 13.8 Å². The van der Waals surface area contributed by atoms with Crippen molar-refractivity contribution in [2.75, 3.05) is 13.1 Å². The molecule has 0 saturated carbocycles. The molecule has 1 aliphatic rings. The van der Waals surface area contributed by atoms with E-state index >= 15 is 0 Å². The first-order chi connectivity index (χ1) is 8.38. The van der Waals surface area contributed by atoms with Gasteiger partial charge in [0.05, 0.1) is 0 Å². The van der Waals surface area contributed by atoms with Crippen molar-refractivity contribution in [1.82, 2.24) is 10.2 Å².